The summed E-state index contributed by atoms with van der Waals surface area (Å²) in [6.45, 7) is 4.46. The molecule has 12 heavy (non-hydrogen) atoms. The third kappa shape index (κ3) is 0.579. The second kappa shape index (κ2) is 1.88. The van der Waals surface area contributed by atoms with Gasteiger partial charge in [0.1, 0.15) is 0 Å². The highest BCUT2D eigenvalue weighted by Crippen LogP contribution is 2.64. The number of hydrogen-bond donors (Lipinski definition) is 1. The average molecular weight is 168 g/mol. The second-order valence-corrected chi connectivity index (χ2v) is 5.12. The number of fused-ring (bicyclic) bond motifs is 1. The molecule has 0 aromatic carbocycles. The lowest BCUT2D eigenvalue weighted by Gasteiger charge is -2.30. The van der Waals surface area contributed by atoms with Gasteiger partial charge in [-0.1, -0.05) is 13.8 Å². The molecule has 3 rings (SSSR count). The van der Waals surface area contributed by atoms with Crippen LogP contribution in [0.3, 0.4) is 0 Å². The Bertz CT molecular complexity index is 228. The zero-order valence-corrected chi connectivity index (χ0v) is 7.66. The Labute approximate surface area is 72.9 Å². The molecule has 1 heterocycles. The standard InChI is InChI=1S/C10H16O2/c1-5-6-3-7-8(5)12-9(11)10(7,2)4-6/h5-9,11H,3-4H2,1-2H3. The first-order valence-corrected chi connectivity index (χ1v) is 4.96. The molecule has 68 valence electrons. The van der Waals surface area contributed by atoms with Crippen molar-refractivity contribution in [1.82, 2.24) is 0 Å². The summed E-state index contributed by atoms with van der Waals surface area (Å²) in [5.74, 6) is 2.15. The summed E-state index contributed by atoms with van der Waals surface area (Å²) in [6, 6.07) is 0. The van der Waals surface area contributed by atoms with Crippen molar-refractivity contribution < 1.29 is 9.84 Å². The quantitative estimate of drug-likeness (QED) is 0.592. The molecule has 6 atom stereocenters. The molecule has 6 unspecified atom stereocenters. The summed E-state index contributed by atoms with van der Waals surface area (Å²) in [4.78, 5) is 0. The molecular formula is C10H16O2. The van der Waals surface area contributed by atoms with Crippen LogP contribution in [0.2, 0.25) is 0 Å². The van der Waals surface area contributed by atoms with E-state index in [0.29, 0.717) is 17.9 Å². The van der Waals surface area contributed by atoms with Crippen molar-refractivity contribution in [2.24, 2.45) is 23.2 Å². The van der Waals surface area contributed by atoms with Crippen LogP contribution in [0.25, 0.3) is 0 Å². The molecule has 3 fully saturated rings. The van der Waals surface area contributed by atoms with Crippen LogP contribution in [-0.4, -0.2) is 17.5 Å². The Balaban J connectivity index is 2.04. The van der Waals surface area contributed by atoms with Crippen LogP contribution in [0, 0.1) is 23.2 Å². The van der Waals surface area contributed by atoms with Crippen LogP contribution in [-0.2, 0) is 4.74 Å². The van der Waals surface area contributed by atoms with E-state index in [1.165, 1.54) is 12.8 Å². The van der Waals surface area contributed by atoms with E-state index in [9.17, 15) is 5.11 Å². The topological polar surface area (TPSA) is 29.5 Å². The van der Waals surface area contributed by atoms with Gasteiger partial charge in [-0.3, -0.25) is 0 Å². The van der Waals surface area contributed by atoms with Crippen LogP contribution >= 0.6 is 0 Å². The van der Waals surface area contributed by atoms with Crippen molar-refractivity contribution in [3.8, 4) is 0 Å². The maximum atomic E-state index is 9.75. The van der Waals surface area contributed by atoms with Crippen molar-refractivity contribution >= 4 is 0 Å². The van der Waals surface area contributed by atoms with Gasteiger partial charge >= 0.3 is 0 Å². The molecule has 2 bridgehead atoms. The van der Waals surface area contributed by atoms with Crippen LogP contribution < -0.4 is 0 Å². The molecule has 0 radical (unpaired) electrons. The minimum Gasteiger partial charge on any atom is -0.367 e. The zero-order valence-electron chi connectivity index (χ0n) is 7.66. The summed E-state index contributed by atoms with van der Waals surface area (Å²) in [5.41, 5.74) is 0.0991. The predicted octanol–water partition coefficient (Wildman–Crippen LogP) is 1.39. The molecule has 1 saturated heterocycles. The van der Waals surface area contributed by atoms with E-state index in [1.54, 1.807) is 0 Å². The lowest BCUT2D eigenvalue weighted by atomic mass is 9.72. The molecule has 0 amide bonds. The van der Waals surface area contributed by atoms with Crippen LogP contribution in [0.15, 0.2) is 0 Å². The van der Waals surface area contributed by atoms with Gasteiger partial charge in [0.05, 0.1) is 6.10 Å². The molecule has 0 spiro atoms. The van der Waals surface area contributed by atoms with Crippen LogP contribution in [0.4, 0.5) is 0 Å². The van der Waals surface area contributed by atoms with Gasteiger partial charge in [-0.15, -0.1) is 0 Å². The fourth-order valence-corrected chi connectivity index (χ4v) is 3.75. The van der Waals surface area contributed by atoms with Gasteiger partial charge in [-0.25, -0.2) is 0 Å². The van der Waals surface area contributed by atoms with Crippen molar-refractivity contribution in [2.75, 3.05) is 0 Å². The predicted molar refractivity (Wildman–Crippen MR) is 44.4 cm³/mol. The zero-order chi connectivity index (χ0) is 8.51. The van der Waals surface area contributed by atoms with Gasteiger partial charge in [0.15, 0.2) is 6.29 Å². The van der Waals surface area contributed by atoms with E-state index in [2.05, 4.69) is 13.8 Å². The summed E-state index contributed by atoms with van der Waals surface area (Å²) in [6.07, 6.45) is 2.35. The van der Waals surface area contributed by atoms with Gasteiger partial charge in [-0.2, -0.15) is 0 Å². The van der Waals surface area contributed by atoms with Gasteiger partial charge in [-0.05, 0) is 30.6 Å². The maximum Gasteiger partial charge on any atom is 0.160 e. The van der Waals surface area contributed by atoms with Gasteiger partial charge in [0, 0.05) is 5.41 Å². The minimum absolute atomic E-state index is 0.0991. The molecular weight excluding hydrogens is 152 g/mol. The monoisotopic (exact) mass is 168 g/mol. The van der Waals surface area contributed by atoms with Gasteiger partial charge in [0.2, 0.25) is 0 Å². The lowest BCUT2D eigenvalue weighted by molar-refractivity contribution is -0.128. The minimum atomic E-state index is -0.484. The normalized spacial score (nSPS) is 67.8. The van der Waals surface area contributed by atoms with Crippen molar-refractivity contribution in [1.29, 1.82) is 0 Å². The Kier molecular flexibility index (Phi) is 1.15. The van der Waals surface area contributed by atoms with Crippen molar-refractivity contribution in [3.63, 3.8) is 0 Å². The molecule has 2 heteroatoms. The van der Waals surface area contributed by atoms with E-state index >= 15 is 0 Å². The Morgan fingerprint density at radius 3 is 2.83 bits per heavy atom. The highest BCUT2D eigenvalue weighted by atomic mass is 16.6. The Morgan fingerprint density at radius 1 is 1.50 bits per heavy atom. The highest BCUT2D eigenvalue weighted by Gasteiger charge is 2.65. The molecule has 0 aromatic heterocycles. The van der Waals surface area contributed by atoms with Gasteiger partial charge in [0.25, 0.3) is 0 Å². The number of ether oxygens (including phenoxy) is 1. The van der Waals surface area contributed by atoms with Gasteiger partial charge < -0.3 is 9.84 Å². The van der Waals surface area contributed by atoms with E-state index in [4.69, 9.17) is 4.74 Å². The summed E-state index contributed by atoms with van der Waals surface area (Å²) >= 11 is 0. The summed E-state index contributed by atoms with van der Waals surface area (Å²) < 4.78 is 5.61. The largest absolute Gasteiger partial charge is 0.367 e. The molecule has 2 saturated carbocycles. The van der Waals surface area contributed by atoms with E-state index in [-0.39, 0.29) is 5.41 Å². The molecule has 1 aliphatic heterocycles. The molecule has 0 aromatic rings. The molecule has 1 N–H and O–H groups in total. The lowest BCUT2D eigenvalue weighted by Crippen LogP contribution is -2.33. The molecule has 2 aliphatic carbocycles. The fourth-order valence-electron chi connectivity index (χ4n) is 3.75. The molecule has 3 aliphatic rings. The number of aliphatic hydroxyl groups excluding tert-OH is 1. The SMILES string of the molecule is CC1C2CC3C1OC(O)C3(C)C2. The second-order valence-electron chi connectivity index (χ2n) is 5.12. The maximum absolute atomic E-state index is 9.75. The third-order valence-electron chi connectivity index (χ3n) is 4.61. The number of rotatable bonds is 0. The number of aliphatic hydroxyl groups is 1. The smallest absolute Gasteiger partial charge is 0.160 e. The fraction of sp³-hybridized carbons (Fsp3) is 1.00. The number of hydrogen-bond acceptors (Lipinski definition) is 2. The first-order chi connectivity index (χ1) is 5.63. The van der Waals surface area contributed by atoms with Crippen LogP contribution in [0.1, 0.15) is 26.7 Å². The first kappa shape index (κ1) is 7.34. The van der Waals surface area contributed by atoms with E-state index in [1.807, 2.05) is 0 Å². The third-order valence-corrected chi connectivity index (χ3v) is 4.61. The Morgan fingerprint density at radius 2 is 2.25 bits per heavy atom. The molecule has 2 nitrogen and oxygen atoms in total. The van der Waals surface area contributed by atoms with Crippen molar-refractivity contribution in [2.45, 2.75) is 39.1 Å². The average Bonchev–Trinajstić information content (AvgIpc) is 2.53. The first-order valence-electron chi connectivity index (χ1n) is 4.96. The van der Waals surface area contributed by atoms with E-state index in [0.717, 1.165) is 5.92 Å². The van der Waals surface area contributed by atoms with Crippen molar-refractivity contribution in [3.05, 3.63) is 0 Å². The Hall–Kier alpha value is -0.0800. The highest BCUT2D eigenvalue weighted by molar-refractivity contribution is 5.10. The van der Waals surface area contributed by atoms with Crippen LogP contribution in [0.5, 0.6) is 0 Å². The van der Waals surface area contributed by atoms with E-state index < -0.39 is 6.29 Å². The summed E-state index contributed by atoms with van der Waals surface area (Å²) in [7, 11) is 0. The summed E-state index contributed by atoms with van der Waals surface area (Å²) in [5, 5.41) is 9.75.